The zero-order valence-electron chi connectivity index (χ0n) is 8.88. The number of benzene rings is 1. The molecule has 1 rings (SSSR count). The summed E-state index contributed by atoms with van der Waals surface area (Å²) in [6.07, 6.45) is 0. The molecule has 1 amide bonds. The summed E-state index contributed by atoms with van der Waals surface area (Å²) in [5, 5.41) is 14.5. The van der Waals surface area contributed by atoms with Gasteiger partial charge in [0.2, 0.25) is 5.91 Å². The lowest BCUT2D eigenvalue weighted by Crippen LogP contribution is -2.29. The van der Waals surface area contributed by atoms with E-state index in [4.69, 9.17) is 5.26 Å². The third kappa shape index (κ3) is 3.55. The molecular formula is C11H12BrN3O. The van der Waals surface area contributed by atoms with Gasteiger partial charge in [-0.05, 0) is 25.1 Å². The Hall–Kier alpha value is -1.54. The predicted molar refractivity (Wildman–Crippen MR) is 66.0 cm³/mol. The molecule has 1 aromatic carbocycles. The molecule has 0 atom stereocenters. The molecule has 4 nitrogen and oxygen atoms in total. The summed E-state index contributed by atoms with van der Waals surface area (Å²) in [4.78, 5) is 11.2. The first-order valence-electron chi connectivity index (χ1n) is 4.87. The van der Waals surface area contributed by atoms with Crippen LogP contribution in [-0.4, -0.2) is 19.0 Å². The Morgan fingerprint density at radius 3 is 2.94 bits per heavy atom. The summed E-state index contributed by atoms with van der Waals surface area (Å²) in [5.74, 6) is -0.0913. The molecular weight excluding hydrogens is 270 g/mol. The van der Waals surface area contributed by atoms with E-state index in [-0.39, 0.29) is 12.5 Å². The van der Waals surface area contributed by atoms with Gasteiger partial charge in [0.25, 0.3) is 0 Å². The van der Waals surface area contributed by atoms with Gasteiger partial charge in [-0.3, -0.25) is 4.79 Å². The van der Waals surface area contributed by atoms with E-state index in [9.17, 15) is 4.79 Å². The molecule has 0 saturated heterocycles. The third-order valence-corrected chi connectivity index (χ3v) is 2.41. The lowest BCUT2D eigenvalue weighted by Gasteiger charge is -2.08. The van der Waals surface area contributed by atoms with Crippen LogP contribution in [0.25, 0.3) is 0 Å². The van der Waals surface area contributed by atoms with Gasteiger partial charge in [0.05, 0.1) is 17.8 Å². The minimum Gasteiger partial charge on any atom is -0.375 e. The molecule has 5 heteroatoms. The smallest absolute Gasteiger partial charge is 0.239 e. The number of anilines is 1. The van der Waals surface area contributed by atoms with Gasteiger partial charge in [-0.1, -0.05) is 15.9 Å². The van der Waals surface area contributed by atoms with Crippen LogP contribution in [0.15, 0.2) is 22.7 Å². The molecule has 1 aromatic rings. The molecule has 0 aromatic heterocycles. The Balaban J connectivity index is 2.70. The number of hydrogen-bond acceptors (Lipinski definition) is 3. The Morgan fingerprint density at radius 2 is 2.31 bits per heavy atom. The molecule has 0 aliphatic rings. The number of carbonyl (C=O) groups is 1. The van der Waals surface area contributed by atoms with Crippen molar-refractivity contribution in [1.82, 2.24) is 5.32 Å². The Morgan fingerprint density at radius 1 is 1.56 bits per heavy atom. The van der Waals surface area contributed by atoms with Crippen molar-refractivity contribution in [2.45, 2.75) is 6.92 Å². The van der Waals surface area contributed by atoms with Gasteiger partial charge in [0.1, 0.15) is 6.07 Å². The van der Waals surface area contributed by atoms with Gasteiger partial charge >= 0.3 is 0 Å². The highest BCUT2D eigenvalue weighted by Gasteiger charge is 2.04. The summed E-state index contributed by atoms with van der Waals surface area (Å²) in [6, 6.07) is 7.33. The number of nitrogens with one attached hydrogen (secondary N) is 2. The molecule has 0 fully saturated rings. The fourth-order valence-corrected chi connectivity index (χ4v) is 1.56. The molecule has 0 bridgehead atoms. The first-order chi connectivity index (χ1) is 7.67. The van der Waals surface area contributed by atoms with Crippen molar-refractivity contribution in [3.63, 3.8) is 0 Å². The largest absolute Gasteiger partial charge is 0.375 e. The van der Waals surface area contributed by atoms with Gasteiger partial charge in [-0.15, -0.1) is 0 Å². The van der Waals surface area contributed by atoms with Crippen LogP contribution in [0.3, 0.4) is 0 Å². The number of rotatable bonds is 4. The number of hydrogen-bond donors (Lipinski definition) is 2. The predicted octanol–water partition coefficient (Wildman–Crippen LogP) is 1.87. The van der Waals surface area contributed by atoms with Gasteiger partial charge in [-0.2, -0.15) is 5.26 Å². The Kier molecular flexibility index (Phi) is 4.80. The van der Waals surface area contributed by atoms with E-state index in [1.807, 2.05) is 6.92 Å². The molecule has 84 valence electrons. The van der Waals surface area contributed by atoms with Crippen molar-refractivity contribution in [3.05, 3.63) is 28.2 Å². The summed E-state index contributed by atoms with van der Waals surface area (Å²) >= 11 is 3.31. The molecule has 0 radical (unpaired) electrons. The van der Waals surface area contributed by atoms with E-state index in [2.05, 4.69) is 32.6 Å². The fraction of sp³-hybridized carbons (Fsp3) is 0.273. The molecule has 0 aliphatic heterocycles. The number of halogens is 1. The standard InChI is InChI=1S/C11H12BrN3O/c1-2-14-11(16)7-15-10-5-9(12)4-3-8(10)6-13/h3-5,15H,2,7H2,1H3,(H,14,16). The van der Waals surface area contributed by atoms with Crippen LogP contribution in [0.5, 0.6) is 0 Å². The van der Waals surface area contributed by atoms with Crippen LogP contribution in [0.4, 0.5) is 5.69 Å². The number of carbonyl (C=O) groups excluding carboxylic acids is 1. The maximum atomic E-state index is 11.2. The zero-order valence-corrected chi connectivity index (χ0v) is 10.5. The van der Waals surface area contributed by atoms with E-state index in [0.717, 1.165) is 4.47 Å². The average Bonchev–Trinajstić information content (AvgIpc) is 2.27. The van der Waals surface area contributed by atoms with E-state index in [1.165, 1.54) is 0 Å². The van der Waals surface area contributed by atoms with Gasteiger partial charge in [-0.25, -0.2) is 0 Å². The molecule has 0 heterocycles. The number of nitriles is 1. The highest BCUT2D eigenvalue weighted by Crippen LogP contribution is 2.20. The van der Waals surface area contributed by atoms with E-state index >= 15 is 0 Å². The molecule has 2 N–H and O–H groups in total. The van der Waals surface area contributed by atoms with Crippen molar-refractivity contribution < 1.29 is 4.79 Å². The minimum absolute atomic E-state index is 0.0913. The number of amides is 1. The van der Waals surface area contributed by atoms with Crippen molar-refractivity contribution in [3.8, 4) is 6.07 Å². The quantitative estimate of drug-likeness (QED) is 0.886. The molecule has 0 aliphatic carbocycles. The Bertz CT molecular complexity index is 426. The van der Waals surface area contributed by atoms with Crippen LogP contribution in [0.2, 0.25) is 0 Å². The van der Waals surface area contributed by atoms with Crippen LogP contribution in [-0.2, 0) is 4.79 Å². The zero-order chi connectivity index (χ0) is 12.0. The lowest BCUT2D eigenvalue weighted by atomic mass is 10.2. The van der Waals surface area contributed by atoms with Crippen LogP contribution < -0.4 is 10.6 Å². The summed E-state index contributed by atoms with van der Waals surface area (Å²) in [5.41, 5.74) is 1.18. The fourth-order valence-electron chi connectivity index (χ4n) is 1.20. The van der Waals surface area contributed by atoms with Crippen LogP contribution in [0.1, 0.15) is 12.5 Å². The average molecular weight is 282 g/mol. The summed E-state index contributed by atoms with van der Waals surface area (Å²) in [6.45, 7) is 2.63. The highest BCUT2D eigenvalue weighted by atomic mass is 79.9. The van der Waals surface area contributed by atoms with Gasteiger partial charge in [0.15, 0.2) is 0 Å². The van der Waals surface area contributed by atoms with Crippen molar-refractivity contribution in [2.24, 2.45) is 0 Å². The van der Waals surface area contributed by atoms with Gasteiger partial charge in [0, 0.05) is 11.0 Å². The van der Waals surface area contributed by atoms with Crippen molar-refractivity contribution in [2.75, 3.05) is 18.4 Å². The third-order valence-electron chi connectivity index (χ3n) is 1.92. The van der Waals surface area contributed by atoms with Crippen molar-refractivity contribution in [1.29, 1.82) is 5.26 Å². The maximum Gasteiger partial charge on any atom is 0.239 e. The lowest BCUT2D eigenvalue weighted by molar-refractivity contribution is -0.119. The second-order valence-electron chi connectivity index (χ2n) is 3.11. The minimum atomic E-state index is -0.0913. The first kappa shape index (κ1) is 12.5. The maximum absolute atomic E-state index is 11.2. The van der Waals surface area contributed by atoms with E-state index < -0.39 is 0 Å². The molecule has 0 unspecified atom stereocenters. The SMILES string of the molecule is CCNC(=O)CNc1cc(Br)ccc1C#N. The van der Waals surface area contributed by atoms with E-state index in [0.29, 0.717) is 17.8 Å². The second-order valence-corrected chi connectivity index (χ2v) is 4.02. The second kappa shape index (κ2) is 6.13. The van der Waals surface area contributed by atoms with Crippen LogP contribution >= 0.6 is 15.9 Å². The summed E-state index contributed by atoms with van der Waals surface area (Å²) < 4.78 is 0.866. The normalized spacial score (nSPS) is 9.31. The van der Waals surface area contributed by atoms with E-state index in [1.54, 1.807) is 18.2 Å². The summed E-state index contributed by atoms with van der Waals surface area (Å²) in [7, 11) is 0. The number of likely N-dealkylation sites (N-methyl/N-ethyl adjacent to an activating group) is 1. The molecule has 0 spiro atoms. The van der Waals surface area contributed by atoms with Gasteiger partial charge < -0.3 is 10.6 Å². The highest BCUT2D eigenvalue weighted by molar-refractivity contribution is 9.10. The molecule has 0 saturated carbocycles. The molecule has 16 heavy (non-hydrogen) atoms. The Labute approximate surface area is 103 Å². The first-order valence-corrected chi connectivity index (χ1v) is 5.67. The monoisotopic (exact) mass is 281 g/mol. The van der Waals surface area contributed by atoms with Crippen LogP contribution in [0, 0.1) is 11.3 Å². The topological polar surface area (TPSA) is 64.9 Å². The van der Waals surface area contributed by atoms with Crippen molar-refractivity contribution >= 4 is 27.5 Å². The number of nitrogens with zero attached hydrogens (tertiary/aromatic N) is 1.